The lowest BCUT2D eigenvalue weighted by Gasteiger charge is -2.07. The van der Waals surface area contributed by atoms with E-state index in [9.17, 15) is 4.79 Å². The SMILES string of the molecule is CCn1cccc1/C=N\NC(=O)c1cc(Br)ccc1OC. The molecule has 2 rings (SSSR count). The van der Waals surface area contributed by atoms with Crippen LogP contribution in [0, 0.1) is 0 Å². The van der Waals surface area contributed by atoms with Crippen LogP contribution in [0.1, 0.15) is 23.0 Å². The third-order valence-electron chi connectivity index (χ3n) is 2.97. The van der Waals surface area contributed by atoms with Crippen molar-refractivity contribution in [1.82, 2.24) is 9.99 Å². The summed E-state index contributed by atoms with van der Waals surface area (Å²) in [5.41, 5.74) is 3.86. The smallest absolute Gasteiger partial charge is 0.275 e. The van der Waals surface area contributed by atoms with Gasteiger partial charge in [0, 0.05) is 17.2 Å². The fraction of sp³-hybridized carbons (Fsp3) is 0.200. The number of amides is 1. The Morgan fingerprint density at radius 1 is 1.48 bits per heavy atom. The molecule has 0 saturated carbocycles. The molecule has 1 amide bonds. The largest absolute Gasteiger partial charge is 0.496 e. The van der Waals surface area contributed by atoms with E-state index in [0.29, 0.717) is 11.3 Å². The van der Waals surface area contributed by atoms with Crippen molar-refractivity contribution < 1.29 is 9.53 Å². The van der Waals surface area contributed by atoms with Crippen LogP contribution in [0.5, 0.6) is 5.75 Å². The number of hydrazone groups is 1. The van der Waals surface area contributed by atoms with Crippen LogP contribution in [0.4, 0.5) is 0 Å². The summed E-state index contributed by atoms with van der Waals surface area (Å²) in [5, 5.41) is 3.99. The monoisotopic (exact) mass is 349 g/mol. The molecule has 0 bridgehead atoms. The third-order valence-corrected chi connectivity index (χ3v) is 3.47. The number of aryl methyl sites for hydroxylation is 1. The minimum Gasteiger partial charge on any atom is -0.496 e. The van der Waals surface area contributed by atoms with Crippen LogP contribution in [0.25, 0.3) is 0 Å². The molecule has 0 spiro atoms. The number of hydrogen-bond acceptors (Lipinski definition) is 3. The number of aromatic nitrogens is 1. The average Bonchev–Trinajstić information content (AvgIpc) is 2.94. The van der Waals surface area contributed by atoms with Gasteiger partial charge in [0.2, 0.25) is 0 Å². The number of carbonyl (C=O) groups is 1. The Kier molecular flexibility index (Phi) is 5.16. The second-order valence-electron chi connectivity index (χ2n) is 4.26. The van der Waals surface area contributed by atoms with Gasteiger partial charge in [-0.1, -0.05) is 15.9 Å². The number of benzene rings is 1. The molecule has 0 aliphatic heterocycles. The van der Waals surface area contributed by atoms with Crippen molar-refractivity contribution in [3.05, 3.63) is 52.3 Å². The van der Waals surface area contributed by atoms with E-state index < -0.39 is 0 Å². The van der Waals surface area contributed by atoms with E-state index in [2.05, 4.69) is 26.5 Å². The number of nitrogens with one attached hydrogen (secondary N) is 1. The maximum Gasteiger partial charge on any atom is 0.275 e. The minimum atomic E-state index is -0.320. The lowest BCUT2D eigenvalue weighted by atomic mass is 10.2. The maximum atomic E-state index is 12.1. The van der Waals surface area contributed by atoms with E-state index in [1.807, 2.05) is 35.9 Å². The first-order valence-corrected chi connectivity index (χ1v) is 7.27. The number of carbonyl (C=O) groups excluding carboxylic acids is 1. The summed E-state index contributed by atoms with van der Waals surface area (Å²) in [5.74, 6) is 0.182. The van der Waals surface area contributed by atoms with Crippen LogP contribution in [-0.4, -0.2) is 23.8 Å². The molecular formula is C15H16BrN3O2. The van der Waals surface area contributed by atoms with Gasteiger partial charge in [0.25, 0.3) is 5.91 Å². The summed E-state index contributed by atoms with van der Waals surface area (Å²) >= 11 is 3.34. The van der Waals surface area contributed by atoms with E-state index in [-0.39, 0.29) is 5.91 Å². The number of halogens is 1. The van der Waals surface area contributed by atoms with Gasteiger partial charge in [-0.05, 0) is 37.3 Å². The van der Waals surface area contributed by atoms with Crippen LogP contribution in [0.2, 0.25) is 0 Å². The van der Waals surface area contributed by atoms with Crippen molar-refractivity contribution in [1.29, 1.82) is 0 Å². The summed E-state index contributed by atoms with van der Waals surface area (Å²) < 4.78 is 8.00. The molecule has 6 heteroatoms. The molecule has 1 N–H and O–H groups in total. The first kappa shape index (κ1) is 15.3. The molecule has 1 aromatic carbocycles. The second kappa shape index (κ2) is 7.08. The highest BCUT2D eigenvalue weighted by Gasteiger charge is 2.11. The van der Waals surface area contributed by atoms with Crippen molar-refractivity contribution >= 4 is 28.1 Å². The van der Waals surface area contributed by atoms with Crippen LogP contribution >= 0.6 is 15.9 Å². The van der Waals surface area contributed by atoms with Gasteiger partial charge >= 0.3 is 0 Å². The highest BCUT2D eigenvalue weighted by molar-refractivity contribution is 9.10. The highest BCUT2D eigenvalue weighted by atomic mass is 79.9. The summed E-state index contributed by atoms with van der Waals surface area (Å²) in [6.45, 7) is 2.89. The van der Waals surface area contributed by atoms with Gasteiger partial charge in [-0.25, -0.2) is 5.43 Å². The van der Waals surface area contributed by atoms with Gasteiger partial charge in [-0.3, -0.25) is 4.79 Å². The Balaban J connectivity index is 2.10. The van der Waals surface area contributed by atoms with Gasteiger partial charge in [-0.2, -0.15) is 5.10 Å². The van der Waals surface area contributed by atoms with Crippen molar-refractivity contribution in [3.8, 4) is 5.75 Å². The number of nitrogens with zero attached hydrogens (tertiary/aromatic N) is 2. The van der Waals surface area contributed by atoms with Crippen molar-refractivity contribution in [2.45, 2.75) is 13.5 Å². The zero-order valence-corrected chi connectivity index (χ0v) is 13.4. The Bertz CT molecular complexity index is 665. The topological polar surface area (TPSA) is 55.6 Å². The van der Waals surface area contributed by atoms with E-state index in [1.165, 1.54) is 7.11 Å². The van der Waals surface area contributed by atoms with Gasteiger partial charge in [-0.15, -0.1) is 0 Å². The first-order valence-electron chi connectivity index (χ1n) is 6.47. The molecule has 110 valence electrons. The fourth-order valence-corrected chi connectivity index (χ4v) is 2.27. The Hall–Kier alpha value is -2.08. The summed E-state index contributed by atoms with van der Waals surface area (Å²) in [7, 11) is 1.53. The Morgan fingerprint density at radius 2 is 2.29 bits per heavy atom. The second-order valence-corrected chi connectivity index (χ2v) is 5.18. The molecule has 0 aliphatic rings. The van der Waals surface area contributed by atoms with Gasteiger partial charge < -0.3 is 9.30 Å². The predicted molar refractivity (Wildman–Crippen MR) is 85.9 cm³/mol. The molecule has 0 aliphatic carbocycles. The Morgan fingerprint density at radius 3 is 3.00 bits per heavy atom. The Labute approximate surface area is 131 Å². The zero-order valence-electron chi connectivity index (χ0n) is 11.8. The highest BCUT2D eigenvalue weighted by Crippen LogP contribution is 2.22. The molecule has 0 fully saturated rings. The number of hydrogen-bond donors (Lipinski definition) is 1. The molecule has 0 saturated heterocycles. The molecular weight excluding hydrogens is 334 g/mol. The summed E-state index contributed by atoms with van der Waals surface area (Å²) in [6, 6.07) is 9.10. The minimum absolute atomic E-state index is 0.320. The third kappa shape index (κ3) is 3.72. The van der Waals surface area contributed by atoms with E-state index in [0.717, 1.165) is 16.7 Å². The van der Waals surface area contributed by atoms with Crippen LogP contribution < -0.4 is 10.2 Å². The lowest BCUT2D eigenvalue weighted by Crippen LogP contribution is -2.18. The number of rotatable bonds is 5. The number of ether oxygens (including phenoxy) is 1. The molecule has 1 heterocycles. The van der Waals surface area contributed by atoms with E-state index >= 15 is 0 Å². The quantitative estimate of drug-likeness (QED) is 0.666. The summed E-state index contributed by atoms with van der Waals surface area (Å²) in [4.78, 5) is 12.1. The van der Waals surface area contributed by atoms with Crippen molar-refractivity contribution in [2.24, 2.45) is 5.10 Å². The maximum absolute atomic E-state index is 12.1. The van der Waals surface area contributed by atoms with E-state index in [1.54, 1.807) is 18.3 Å². The van der Waals surface area contributed by atoms with Gasteiger partial charge in [0.15, 0.2) is 0 Å². The lowest BCUT2D eigenvalue weighted by molar-refractivity contribution is 0.0952. The van der Waals surface area contributed by atoms with Crippen molar-refractivity contribution in [2.75, 3.05) is 7.11 Å². The molecule has 2 aromatic rings. The van der Waals surface area contributed by atoms with E-state index in [4.69, 9.17) is 4.74 Å². The molecule has 0 unspecified atom stereocenters. The molecule has 5 nitrogen and oxygen atoms in total. The normalized spacial score (nSPS) is 10.8. The molecule has 21 heavy (non-hydrogen) atoms. The fourth-order valence-electron chi connectivity index (χ4n) is 1.91. The standard InChI is InChI=1S/C15H16BrN3O2/c1-3-19-8-4-5-12(19)10-17-18-15(20)13-9-11(16)6-7-14(13)21-2/h4-10H,3H2,1-2H3,(H,18,20)/b17-10-. The average molecular weight is 350 g/mol. The van der Waals surface area contributed by atoms with Crippen molar-refractivity contribution in [3.63, 3.8) is 0 Å². The van der Waals surface area contributed by atoms with Crippen LogP contribution in [0.15, 0.2) is 46.1 Å². The summed E-state index contributed by atoms with van der Waals surface area (Å²) in [6.07, 6.45) is 3.58. The van der Waals surface area contributed by atoms with Gasteiger partial charge in [0.05, 0.1) is 24.6 Å². The van der Waals surface area contributed by atoms with Crippen LogP contribution in [-0.2, 0) is 6.54 Å². The molecule has 0 radical (unpaired) electrons. The first-order chi connectivity index (χ1) is 10.2. The van der Waals surface area contributed by atoms with Crippen LogP contribution in [0.3, 0.4) is 0 Å². The zero-order chi connectivity index (χ0) is 15.2. The molecule has 0 atom stereocenters. The predicted octanol–water partition coefficient (Wildman–Crippen LogP) is 3.04. The number of methoxy groups -OCH3 is 1. The van der Waals surface area contributed by atoms with Gasteiger partial charge in [0.1, 0.15) is 5.75 Å². The molecule has 1 aromatic heterocycles.